The summed E-state index contributed by atoms with van der Waals surface area (Å²) in [6.07, 6.45) is 1.95. The number of fused-ring (bicyclic) bond motifs is 1. The molecule has 0 unspecified atom stereocenters. The van der Waals surface area contributed by atoms with Crippen molar-refractivity contribution in [2.24, 2.45) is 4.99 Å². The first-order chi connectivity index (χ1) is 11.2. The highest BCUT2D eigenvalue weighted by Crippen LogP contribution is 2.25. The summed E-state index contributed by atoms with van der Waals surface area (Å²) in [5.41, 5.74) is 1.65. The van der Waals surface area contributed by atoms with E-state index in [9.17, 15) is 4.39 Å². The molecule has 3 rings (SSSR count). The summed E-state index contributed by atoms with van der Waals surface area (Å²) in [6.45, 7) is 4.01. The molecule has 0 saturated carbocycles. The van der Waals surface area contributed by atoms with Crippen LogP contribution in [-0.4, -0.2) is 32.3 Å². The third-order valence-electron chi connectivity index (χ3n) is 4.20. The van der Waals surface area contributed by atoms with Gasteiger partial charge in [-0.2, -0.15) is 0 Å². The molecule has 1 aliphatic rings. The largest absolute Gasteiger partial charge is 0.459 e. The first-order valence-electron chi connectivity index (χ1n) is 7.90. The molecule has 1 saturated heterocycles. The van der Waals surface area contributed by atoms with Gasteiger partial charge >= 0.3 is 0 Å². The Labute approximate surface area is 158 Å². The third kappa shape index (κ3) is 4.38. The number of hydrogen-bond donors (Lipinski definition) is 2. The average molecular weight is 447 g/mol. The fourth-order valence-corrected chi connectivity index (χ4v) is 2.81. The summed E-state index contributed by atoms with van der Waals surface area (Å²) in [4.78, 5) is 4.25. The molecule has 0 amide bonds. The lowest BCUT2D eigenvalue weighted by molar-refractivity contribution is 0.0822. The molecule has 1 aromatic heterocycles. The first-order valence-corrected chi connectivity index (χ1v) is 7.90. The van der Waals surface area contributed by atoms with Crippen LogP contribution in [0.5, 0.6) is 0 Å². The molecule has 0 spiro atoms. The number of nitrogens with one attached hydrogen (secondary N) is 2. The normalized spacial score (nSPS) is 16.0. The van der Waals surface area contributed by atoms with Crippen LogP contribution < -0.4 is 10.6 Å². The molecule has 0 bridgehead atoms. The average Bonchev–Trinajstić information content (AvgIpc) is 2.88. The highest BCUT2D eigenvalue weighted by molar-refractivity contribution is 14.0. The maximum absolute atomic E-state index is 13.4. The second-order valence-electron chi connectivity index (χ2n) is 5.75. The van der Waals surface area contributed by atoms with Crippen LogP contribution in [-0.2, 0) is 11.3 Å². The van der Waals surface area contributed by atoms with Gasteiger partial charge in [0.25, 0.3) is 0 Å². The zero-order valence-electron chi connectivity index (χ0n) is 13.9. The molecule has 7 heteroatoms. The second kappa shape index (κ2) is 8.66. The molecule has 5 nitrogen and oxygen atoms in total. The van der Waals surface area contributed by atoms with E-state index in [1.165, 1.54) is 12.1 Å². The van der Waals surface area contributed by atoms with Crippen molar-refractivity contribution >= 4 is 40.9 Å². The predicted octanol–water partition coefficient (Wildman–Crippen LogP) is 3.34. The van der Waals surface area contributed by atoms with Crippen molar-refractivity contribution in [2.45, 2.75) is 32.4 Å². The quantitative estimate of drug-likeness (QED) is 0.431. The molecule has 24 heavy (non-hydrogen) atoms. The Bertz CT molecular complexity index is 711. The van der Waals surface area contributed by atoms with Crippen LogP contribution in [0, 0.1) is 12.7 Å². The van der Waals surface area contributed by atoms with E-state index in [2.05, 4.69) is 15.6 Å². The van der Waals surface area contributed by atoms with Gasteiger partial charge in [0.2, 0.25) is 0 Å². The van der Waals surface area contributed by atoms with Gasteiger partial charge < -0.3 is 19.8 Å². The van der Waals surface area contributed by atoms with Gasteiger partial charge in [-0.3, -0.25) is 4.99 Å². The van der Waals surface area contributed by atoms with Gasteiger partial charge in [-0.1, -0.05) is 0 Å². The molecule has 1 fully saturated rings. The molecule has 0 radical (unpaired) electrons. The Hall–Kier alpha value is -1.35. The lowest BCUT2D eigenvalue weighted by Crippen LogP contribution is -2.45. The minimum atomic E-state index is -0.252. The SMILES string of the molecule is CN=C(NCc1oc2ccc(F)cc2c1C)NC1CCOCC1.I. The standard InChI is InChI=1S/C17H22FN3O2.HI/c1-11-14-9-12(18)3-4-15(14)23-16(11)10-20-17(19-2)21-13-5-7-22-8-6-13;/h3-4,9,13H,5-8,10H2,1-2H3,(H2,19,20,21);1H. The summed E-state index contributed by atoms with van der Waals surface area (Å²) >= 11 is 0. The number of nitrogens with zero attached hydrogens (tertiary/aromatic N) is 1. The first kappa shape index (κ1) is 19.0. The van der Waals surface area contributed by atoms with E-state index in [0.717, 1.165) is 48.7 Å². The zero-order valence-corrected chi connectivity index (χ0v) is 16.2. The number of ether oxygens (including phenoxy) is 1. The van der Waals surface area contributed by atoms with Crippen LogP contribution in [0.15, 0.2) is 27.6 Å². The molecule has 2 heterocycles. The third-order valence-corrected chi connectivity index (χ3v) is 4.20. The zero-order chi connectivity index (χ0) is 16.2. The monoisotopic (exact) mass is 447 g/mol. The topological polar surface area (TPSA) is 58.8 Å². The number of aliphatic imine (C=N–C) groups is 1. The van der Waals surface area contributed by atoms with Crippen LogP contribution in [0.4, 0.5) is 4.39 Å². The lowest BCUT2D eigenvalue weighted by Gasteiger charge is -2.25. The van der Waals surface area contributed by atoms with Gasteiger partial charge in [-0.15, -0.1) is 24.0 Å². The van der Waals surface area contributed by atoms with Gasteiger partial charge in [-0.05, 0) is 38.0 Å². The van der Waals surface area contributed by atoms with E-state index in [1.807, 2.05) is 6.92 Å². The fraction of sp³-hybridized carbons (Fsp3) is 0.471. The molecular formula is C17H23FIN3O2. The smallest absolute Gasteiger partial charge is 0.191 e. The summed E-state index contributed by atoms with van der Waals surface area (Å²) < 4.78 is 24.5. The maximum Gasteiger partial charge on any atom is 0.191 e. The van der Waals surface area contributed by atoms with Crippen molar-refractivity contribution in [3.63, 3.8) is 0 Å². The molecule has 1 aromatic carbocycles. The molecule has 1 aliphatic heterocycles. The number of hydrogen-bond acceptors (Lipinski definition) is 3. The second-order valence-corrected chi connectivity index (χ2v) is 5.75. The van der Waals surface area contributed by atoms with Gasteiger partial charge in [-0.25, -0.2) is 4.39 Å². The fourth-order valence-electron chi connectivity index (χ4n) is 2.81. The van der Waals surface area contributed by atoms with Crippen LogP contribution in [0.2, 0.25) is 0 Å². The Balaban J connectivity index is 0.00000208. The van der Waals surface area contributed by atoms with E-state index in [0.29, 0.717) is 18.2 Å². The van der Waals surface area contributed by atoms with Crippen molar-refractivity contribution in [1.29, 1.82) is 0 Å². The molecule has 2 aromatic rings. The summed E-state index contributed by atoms with van der Waals surface area (Å²) in [6, 6.07) is 4.96. The van der Waals surface area contributed by atoms with E-state index in [-0.39, 0.29) is 29.8 Å². The molecule has 132 valence electrons. The van der Waals surface area contributed by atoms with Crippen molar-refractivity contribution in [2.75, 3.05) is 20.3 Å². The van der Waals surface area contributed by atoms with Crippen molar-refractivity contribution in [3.8, 4) is 0 Å². The molecule has 2 N–H and O–H groups in total. The van der Waals surface area contributed by atoms with Crippen molar-refractivity contribution in [3.05, 3.63) is 35.3 Å². The Morgan fingerprint density at radius 3 is 2.79 bits per heavy atom. The number of halogens is 2. The molecular weight excluding hydrogens is 424 g/mol. The van der Waals surface area contributed by atoms with E-state index < -0.39 is 0 Å². The number of guanidine groups is 1. The maximum atomic E-state index is 13.4. The Kier molecular flexibility index (Phi) is 6.85. The van der Waals surface area contributed by atoms with Gasteiger partial charge in [0.15, 0.2) is 5.96 Å². The predicted molar refractivity (Wildman–Crippen MR) is 103 cm³/mol. The Morgan fingerprint density at radius 2 is 2.08 bits per heavy atom. The van der Waals surface area contributed by atoms with Crippen molar-refractivity contribution < 1.29 is 13.5 Å². The minimum absolute atomic E-state index is 0. The van der Waals surface area contributed by atoms with Gasteiger partial charge in [0, 0.05) is 37.3 Å². The summed E-state index contributed by atoms with van der Waals surface area (Å²) in [5, 5.41) is 7.47. The lowest BCUT2D eigenvalue weighted by atomic mass is 10.1. The number of aryl methyl sites for hydroxylation is 1. The number of rotatable bonds is 3. The van der Waals surface area contributed by atoms with E-state index >= 15 is 0 Å². The minimum Gasteiger partial charge on any atom is -0.459 e. The van der Waals surface area contributed by atoms with Crippen LogP contribution in [0.25, 0.3) is 11.0 Å². The van der Waals surface area contributed by atoms with Crippen LogP contribution in [0.1, 0.15) is 24.2 Å². The van der Waals surface area contributed by atoms with E-state index in [4.69, 9.17) is 9.15 Å². The van der Waals surface area contributed by atoms with Crippen LogP contribution >= 0.6 is 24.0 Å². The number of benzene rings is 1. The Morgan fingerprint density at radius 1 is 1.33 bits per heavy atom. The van der Waals surface area contributed by atoms with Gasteiger partial charge in [0.05, 0.1) is 6.54 Å². The summed E-state index contributed by atoms with van der Waals surface area (Å²) in [7, 11) is 1.75. The molecule has 0 atom stereocenters. The number of furan rings is 1. The van der Waals surface area contributed by atoms with Gasteiger partial charge in [0.1, 0.15) is 17.2 Å². The highest BCUT2D eigenvalue weighted by Gasteiger charge is 2.16. The highest BCUT2D eigenvalue weighted by atomic mass is 127. The molecule has 0 aliphatic carbocycles. The van der Waals surface area contributed by atoms with E-state index in [1.54, 1.807) is 13.1 Å². The van der Waals surface area contributed by atoms with Crippen molar-refractivity contribution in [1.82, 2.24) is 10.6 Å². The summed E-state index contributed by atoms with van der Waals surface area (Å²) in [5.74, 6) is 1.28. The van der Waals surface area contributed by atoms with Crippen LogP contribution in [0.3, 0.4) is 0 Å².